The second-order valence-electron chi connectivity index (χ2n) is 9.85. The molecule has 4 rings (SSSR count). The van der Waals surface area contributed by atoms with Crippen LogP contribution in [0, 0.1) is 6.92 Å². The van der Waals surface area contributed by atoms with Gasteiger partial charge in [0.25, 0.3) is 11.8 Å². The van der Waals surface area contributed by atoms with Crippen molar-refractivity contribution in [2.24, 2.45) is 0 Å². The molecular formula is C35H35N3O4S. The fourth-order valence-electron chi connectivity index (χ4n) is 4.34. The van der Waals surface area contributed by atoms with Crippen molar-refractivity contribution in [2.75, 3.05) is 17.7 Å². The van der Waals surface area contributed by atoms with Crippen LogP contribution in [0.2, 0.25) is 0 Å². The zero-order valence-corrected chi connectivity index (χ0v) is 25.5. The summed E-state index contributed by atoms with van der Waals surface area (Å²) in [5.74, 6) is -0.331. The maximum Gasteiger partial charge on any atom is 0.272 e. The number of hydrogen-bond donors (Lipinski definition) is 3. The number of rotatable bonds is 11. The molecule has 43 heavy (non-hydrogen) atoms. The van der Waals surface area contributed by atoms with Gasteiger partial charge in [-0.05, 0) is 91.6 Å². The normalized spacial score (nSPS) is 11.8. The third-order valence-corrected chi connectivity index (χ3v) is 7.83. The summed E-state index contributed by atoms with van der Waals surface area (Å²) in [4.78, 5) is 40.1. The number of ether oxygens (including phenoxy) is 1. The molecule has 220 valence electrons. The lowest BCUT2D eigenvalue weighted by Gasteiger charge is -2.16. The van der Waals surface area contributed by atoms with Gasteiger partial charge in [-0.2, -0.15) is 0 Å². The number of aryl methyl sites for hydroxylation is 2. The summed E-state index contributed by atoms with van der Waals surface area (Å²) < 4.78 is 5.30. The third kappa shape index (κ3) is 8.59. The molecule has 1 unspecified atom stereocenters. The number of hydrogen-bond acceptors (Lipinski definition) is 5. The van der Waals surface area contributed by atoms with E-state index in [2.05, 4.69) is 22.9 Å². The van der Waals surface area contributed by atoms with Crippen molar-refractivity contribution in [3.63, 3.8) is 0 Å². The number of carbonyl (C=O) groups excluding carboxylic acids is 3. The number of anilines is 2. The first kappa shape index (κ1) is 31.1. The fourth-order valence-corrected chi connectivity index (χ4v) is 5.21. The van der Waals surface area contributed by atoms with Gasteiger partial charge in [-0.25, -0.2) is 0 Å². The molecule has 0 radical (unpaired) electrons. The Morgan fingerprint density at radius 3 is 2.30 bits per heavy atom. The van der Waals surface area contributed by atoms with E-state index in [0.29, 0.717) is 22.6 Å². The molecular weight excluding hydrogens is 558 g/mol. The van der Waals surface area contributed by atoms with E-state index in [-0.39, 0.29) is 16.9 Å². The molecule has 8 heteroatoms. The van der Waals surface area contributed by atoms with Gasteiger partial charge in [0.2, 0.25) is 5.91 Å². The van der Waals surface area contributed by atoms with Gasteiger partial charge in [0, 0.05) is 21.8 Å². The predicted octanol–water partition coefficient (Wildman–Crippen LogP) is 7.09. The molecule has 0 aromatic heterocycles. The van der Waals surface area contributed by atoms with Crippen LogP contribution in [0.4, 0.5) is 11.4 Å². The van der Waals surface area contributed by atoms with Gasteiger partial charge in [-0.3, -0.25) is 14.4 Å². The number of para-hydroxylation sites is 1. The van der Waals surface area contributed by atoms with Crippen molar-refractivity contribution in [3.8, 4) is 5.75 Å². The summed E-state index contributed by atoms with van der Waals surface area (Å²) in [6, 6.07) is 29.1. The Morgan fingerprint density at radius 2 is 1.60 bits per heavy atom. The molecule has 0 spiro atoms. The standard InChI is InChI=1S/C35H35N3O4S/c1-5-26-15-9-11-23(2)32(26)38-33(39)24(3)43-30-19-17-28(18-20-30)36-35(41)31(22-25-12-10-16-29(21-25)42-4)37-34(40)27-13-7-6-8-14-27/h6-22,24H,5H2,1-4H3,(H,36,41)(H,37,40)(H,38,39)/b31-22-. The van der Waals surface area contributed by atoms with E-state index >= 15 is 0 Å². The van der Waals surface area contributed by atoms with E-state index in [9.17, 15) is 14.4 Å². The third-order valence-electron chi connectivity index (χ3n) is 6.72. The minimum Gasteiger partial charge on any atom is -0.497 e. The lowest BCUT2D eigenvalue weighted by Crippen LogP contribution is -2.30. The van der Waals surface area contributed by atoms with Gasteiger partial charge in [-0.1, -0.05) is 55.5 Å². The highest BCUT2D eigenvalue weighted by atomic mass is 32.2. The van der Waals surface area contributed by atoms with E-state index in [4.69, 9.17) is 4.74 Å². The fraction of sp³-hybridized carbons (Fsp3) is 0.171. The van der Waals surface area contributed by atoms with E-state index in [1.807, 2.05) is 56.3 Å². The smallest absolute Gasteiger partial charge is 0.272 e. The maximum absolute atomic E-state index is 13.4. The predicted molar refractivity (Wildman–Crippen MR) is 174 cm³/mol. The van der Waals surface area contributed by atoms with E-state index < -0.39 is 11.8 Å². The Hall–Kier alpha value is -4.82. The number of methoxy groups -OCH3 is 1. The van der Waals surface area contributed by atoms with Gasteiger partial charge >= 0.3 is 0 Å². The Bertz CT molecular complexity index is 1620. The summed E-state index contributed by atoms with van der Waals surface area (Å²) in [6.07, 6.45) is 2.43. The van der Waals surface area contributed by atoms with Gasteiger partial charge in [0.15, 0.2) is 0 Å². The van der Waals surface area contributed by atoms with Gasteiger partial charge in [0.05, 0.1) is 12.4 Å². The van der Waals surface area contributed by atoms with Crippen molar-refractivity contribution < 1.29 is 19.1 Å². The van der Waals surface area contributed by atoms with Crippen LogP contribution < -0.4 is 20.7 Å². The molecule has 0 aliphatic heterocycles. The number of amides is 3. The lowest BCUT2D eigenvalue weighted by atomic mass is 10.1. The molecule has 0 saturated carbocycles. The van der Waals surface area contributed by atoms with Crippen LogP contribution in [-0.4, -0.2) is 30.1 Å². The first-order valence-corrected chi connectivity index (χ1v) is 14.8. The monoisotopic (exact) mass is 593 g/mol. The highest BCUT2D eigenvalue weighted by molar-refractivity contribution is 8.00. The van der Waals surface area contributed by atoms with E-state index in [1.54, 1.807) is 67.8 Å². The second-order valence-corrected chi connectivity index (χ2v) is 11.3. The minimum absolute atomic E-state index is 0.0761. The second kappa shape index (κ2) is 14.9. The number of benzene rings is 4. The maximum atomic E-state index is 13.4. The van der Waals surface area contributed by atoms with Crippen molar-refractivity contribution >= 4 is 46.9 Å². The minimum atomic E-state index is -0.481. The Morgan fingerprint density at radius 1 is 0.884 bits per heavy atom. The van der Waals surface area contributed by atoms with E-state index in [0.717, 1.165) is 28.1 Å². The average molecular weight is 594 g/mol. The summed E-state index contributed by atoms with van der Waals surface area (Å²) >= 11 is 1.43. The molecule has 0 aliphatic rings. The first-order valence-electron chi connectivity index (χ1n) is 14.0. The first-order chi connectivity index (χ1) is 20.8. The Balaban J connectivity index is 1.45. The Labute approximate surface area is 256 Å². The Kier molecular flexibility index (Phi) is 10.8. The lowest BCUT2D eigenvalue weighted by molar-refractivity contribution is -0.115. The molecule has 4 aromatic rings. The topological polar surface area (TPSA) is 96.5 Å². The summed E-state index contributed by atoms with van der Waals surface area (Å²) in [5, 5.41) is 8.35. The van der Waals surface area contributed by atoms with Gasteiger partial charge in [0.1, 0.15) is 11.4 Å². The quantitative estimate of drug-likeness (QED) is 0.127. The van der Waals surface area contributed by atoms with Crippen molar-refractivity contribution in [2.45, 2.75) is 37.3 Å². The molecule has 0 bridgehead atoms. The van der Waals surface area contributed by atoms with Crippen molar-refractivity contribution in [1.29, 1.82) is 0 Å². The van der Waals surface area contributed by atoms with Crippen LogP contribution in [0.3, 0.4) is 0 Å². The zero-order chi connectivity index (χ0) is 30.8. The average Bonchev–Trinajstić information content (AvgIpc) is 3.03. The van der Waals surface area contributed by atoms with Crippen LogP contribution in [0.1, 0.15) is 40.9 Å². The highest BCUT2D eigenvalue weighted by Gasteiger charge is 2.18. The molecule has 3 N–H and O–H groups in total. The number of thioether (sulfide) groups is 1. The molecule has 0 heterocycles. The molecule has 1 atom stereocenters. The largest absolute Gasteiger partial charge is 0.497 e. The van der Waals surface area contributed by atoms with Crippen LogP contribution in [-0.2, 0) is 16.0 Å². The van der Waals surface area contributed by atoms with Crippen LogP contribution in [0.15, 0.2) is 108 Å². The molecule has 3 amide bonds. The molecule has 0 fully saturated rings. The SMILES string of the molecule is CCc1cccc(C)c1NC(=O)C(C)Sc1ccc(NC(=O)/C(=C/c2cccc(OC)c2)NC(=O)c2ccccc2)cc1. The summed E-state index contributed by atoms with van der Waals surface area (Å²) in [6.45, 7) is 5.92. The molecule has 0 saturated heterocycles. The van der Waals surface area contributed by atoms with Crippen molar-refractivity contribution in [3.05, 3.63) is 125 Å². The number of nitrogens with one attached hydrogen (secondary N) is 3. The molecule has 4 aromatic carbocycles. The molecule has 7 nitrogen and oxygen atoms in total. The molecule has 0 aliphatic carbocycles. The van der Waals surface area contributed by atoms with Gasteiger partial charge < -0.3 is 20.7 Å². The zero-order valence-electron chi connectivity index (χ0n) is 24.6. The highest BCUT2D eigenvalue weighted by Crippen LogP contribution is 2.28. The number of carbonyl (C=O) groups is 3. The summed E-state index contributed by atoms with van der Waals surface area (Å²) in [5.41, 5.74) is 4.75. The van der Waals surface area contributed by atoms with Crippen molar-refractivity contribution in [1.82, 2.24) is 5.32 Å². The van der Waals surface area contributed by atoms with Gasteiger partial charge in [-0.15, -0.1) is 11.8 Å². The summed E-state index contributed by atoms with van der Waals surface area (Å²) in [7, 11) is 1.56. The van der Waals surface area contributed by atoms with Crippen LogP contribution in [0.25, 0.3) is 6.08 Å². The van der Waals surface area contributed by atoms with Crippen LogP contribution >= 0.6 is 11.8 Å². The van der Waals surface area contributed by atoms with E-state index in [1.165, 1.54) is 11.8 Å². The van der Waals surface area contributed by atoms with Crippen LogP contribution in [0.5, 0.6) is 5.75 Å².